The highest BCUT2D eigenvalue weighted by Crippen LogP contribution is 2.67. The molecule has 5 unspecified atom stereocenters. The normalized spacial score (nSPS) is 51.9. The van der Waals surface area contributed by atoms with Gasteiger partial charge >= 0.3 is 0 Å². The van der Waals surface area contributed by atoms with Gasteiger partial charge in [-0.05, 0) is 55.3 Å². The van der Waals surface area contributed by atoms with E-state index in [0.717, 1.165) is 19.3 Å². The van der Waals surface area contributed by atoms with Crippen LogP contribution in [0.2, 0.25) is 0 Å². The highest BCUT2D eigenvalue weighted by atomic mass is 16.4. The van der Waals surface area contributed by atoms with Gasteiger partial charge in [0, 0.05) is 18.3 Å². The molecule has 4 aliphatic carbocycles. The van der Waals surface area contributed by atoms with E-state index in [1.54, 1.807) is 0 Å². The standard InChI is InChI=1S/C21H32O5/c1-19-7-5-13(23)9-12(19)3-4-14-15-6-8-21(26,17(25)11-22)20(15,2)10-16(24)18(14)19/h3,14-18,22,24-26H,4-11H2,1-2H3/t14?,15?,16-,17+,18?,19?,20?,21-/m0/s1. The number of hydrogen-bond donors (Lipinski definition) is 4. The number of ketones is 1. The van der Waals surface area contributed by atoms with Crippen LogP contribution in [0.5, 0.6) is 0 Å². The fourth-order valence-electron chi connectivity index (χ4n) is 7.35. The fraction of sp³-hybridized carbons (Fsp3) is 0.857. The second kappa shape index (κ2) is 5.87. The molecule has 0 spiro atoms. The number of carbonyl (C=O) groups excluding carboxylic acids is 1. The van der Waals surface area contributed by atoms with Crippen molar-refractivity contribution in [2.24, 2.45) is 28.6 Å². The molecule has 0 saturated heterocycles. The molecule has 5 nitrogen and oxygen atoms in total. The minimum atomic E-state index is -1.36. The summed E-state index contributed by atoms with van der Waals surface area (Å²) in [5.41, 5.74) is -0.914. The van der Waals surface area contributed by atoms with Gasteiger partial charge in [-0.2, -0.15) is 0 Å². The Labute approximate surface area is 155 Å². The Morgan fingerprint density at radius 2 is 2.04 bits per heavy atom. The van der Waals surface area contributed by atoms with Crippen molar-refractivity contribution in [2.45, 2.75) is 76.6 Å². The fourth-order valence-corrected chi connectivity index (χ4v) is 7.35. The summed E-state index contributed by atoms with van der Waals surface area (Å²) in [6.07, 6.45) is 4.87. The molecule has 0 aliphatic heterocycles. The number of fused-ring (bicyclic) bond motifs is 5. The molecule has 4 N–H and O–H groups in total. The molecule has 146 valence electrons. The van der Waals surface area contributed by atoms with Crippen LogP contribution in [0.25, 0.3) is 0 Å². The highest BCUT2D eigenvalue weighted by Gasteiger charge is 2.67. The minimum Gasteiger partial charge on any atom is -0.394 e. The molecule has 5 heteroatoms. The van der Waals surface area contributed by atoms with Crippen molar-refractivity contribution in [2.75, 3.05) is 6.61 Å². The lowest BCUT2D eigenvalue weighted by Gasteiger charge is -2.60. The maximum atomic E-state index is 11.9. The largest absolute Gasteiger partial charge is 0.394 e. The van der Waals surface area contributed by atoms with E-state index >= 15 is 0 Å². The lowest BCUT2D eigenvalue weighted by molar-refractivity contribution is -0.205. The first kappa shape index (κ1) is 18.6. The van der Waals surface area contributed by atoms with Crippen molar-refractivity contribution in [3.63, 3.8) is 0 Å². The Bertz CT molecular complexity index is 644. The quantitative estimate of drug-likeness (QED) is 0.558. The van der Waals surface area contributed by atoms with Gasteiger partial charge in [0.15, 0.2) is 0 Å². The minimum absolute atomic E-state index is 0.0993. The Morgan fingerprint density at radius 1 is 1.31 bits per heavy atom. The van der Waals surface area contributed by atoms with Crippen molar-refractivity contribution < 1.29 is 25.2 Å². The van der Waals surface area contributed by atoms with E-state index < -0.39 is 29.8 Å². The van der Waals surface area contributed by atoms with Crippen molar-refractivity contribution >= 4 is 5.78 Å². The van der Waals surface area contributed by atoms with Crippen LogP contribution in [0.4, 0.5) is 0 Å². The van der Waals surface area contributed by atoms with Crippen molar-refractivity contribution in [1.29, 1.82) is 0 Å². The van der Waals surface area contributed by atoms with Crippen LogP contribution >= 0.6 is 0 Å². The molecule has 0 heterocycles. The second-order valence-electron chi connectivity index (χ2n) is 9.74. The zero-order valence-electron chi connectivity index (χ0n) is 15.8. The summed E-state index contributed by atoms with van der Waals surface area (Å²) in [5.74, 6) is 0.839. The molecule has 4 rings (SSSR count). The third-order valence-electron chi connectivity index (χ3n) is 8.81. The Balaban J connectivity index is 1.73. The van der Waals surface area contributed by atoms with Crippen LogP contribution in [0.3, 0.4) is 0 Å². The van der Waals surface area contributed by atoms with Crippen LogP contribution in [0, 0.1) is 28.6 Å². The first-order valence-electron chi connectivity index (χ1n) is 10.1. The van der Waals surface area contributed by atoms with Gasteiger partial charge in [0.2, 0.25) is 0 Å². The first-order chi connectivity index (χ1) is 12.2. The molecule has 3 saturated carbocycles. The molecular formula is C21H32O5. The molecular weight excluding hydrogens is 332 g/mol. The first-order valence-corrected chi connectivity index (χ1v) is 10.1. The molecule has 26 heavy (non-hydrogen) atoms. The van der Waals surface area contributed by atoms with E-state index in [1.165, 1.54) is 5.57 Å². The van der Waals surface area contributed by atoms with E-state index in [9.17, 15) is 25.2 Å². The van der Waals surface area contributed by atoms with E-state index in [4.69, 9.17) is 0 Å². The van der Waals surface area contributed by atoms with Gasteiger partial charge in [0.1, 0.15) is 11.9 Å². The van der Waals surface area contributed by atoms with Gasteiger partial charge in [-0.15, -0.1) is 0 Å². The summed E-state index contributed by atoms with van der Waals surface area (Å²) in [6, 6.07) is 0. The molecule has 0 aromatic heterocycles. The topological polar surface area (TPSA) is 98.0 Å². The average molecular weight is 364 g/mol. The smallest absolute Gasteiger partial charge is 0.136 e. The predicted octanol–water partition coefficient (Wildman–Crippen LogP) is 1.57. The summed E-state index contributed by atoms with van der Waals surface area (Å²) in [5, 5.41) is 42.3. The van der Waals surface area contributed by atoms with E-state index in [0.29, 0.717) is 31.5 Å². The van der Waals surface area contributed by atoms with Crippen LogP contribution in [-0.4, -0.2) is 50.6 Å². The summed E-state index contributed by atoms with van der Waals surface area (Å²) >= 11 is 0. The zero-order valence-corrected chi connectivity index (χ0v) is 15.8. The van der Waals surface area contributed by atoms with Crippen LogP contribution in [-0.2, 0) is 4.79 Å². The number of rotatable bonds is 2. The van der Waals surface area contributed by atoms with Crippen molar-refractivity contribution in [3.8, 4) is 0 Å². The molecule has 8 atom stereocenters. The number of hydrogen-bond acceptors (Lipinski definition) is 5. The zero-order chi connectivity index (χ0) is 18.9. The van der Waals surface area contributed by atoms with E-state index in [2.05, 4.69) is 13.0 Å². The Hall–Kier alpha value is -0.750. The lowest BCUT2D eigenvalue weighted by atomic mass is 9.46. The SMILES string of the molecule is CC12CCC(=O)CC1=CCC1C2[C@@H](O)CC2(C)C1CC[C@]2(O)[C@H](O)CO. The van der Waals surface area contributed by atoms with Crippen molar-refractivity contribution in [3.05, 3.63) is 11.6 Å². The number of Topliss-reactive ketones (excluding diaryl/α,β-unsaturated/α-hetero) is 1. The second-order valence-corrected chi connectivity index (χ2v) is 9.74. The molecule has 3 fully saturated rings. The highest BCUT2D eigenvalue weighted by molar-refractivity contribution is 5.82. The van der Waals surface area contributed by atoms with Crippen LogP contribution < -0.4 is 0 Å². The van der Waals surface area contributed by atoms with Gasteiger partial charge in [-0.3, -0.25) is 4.79 Å². The number of aliphatic hydroxyl groups excluding tert-OH is 3. The third kappa shape index (κ3) is 2.20. The number of carbonyl (C=O) groups is 1. The maximum absolute atomic E-state index is 11.9. The third-order valence-corrected chi connectivity index (χ3v) is 8.81. The van der Waals surface area contributed by atoms with Gasteiger partial charge in [0.05, 0.1) is 18.3 Å². The van der Waals surface area contributed by atoms with Gasteiger partial charge in [-0.1, -0.05) is 25.5 Å². The van der Waals surface area contributed by atoms with Crippen LogP contribution in [0.1, 0.15) is 58.8 Å². The van der Waals surface area contributed by atoms with Crippen molar-refractivity contribution in [1.82, 2.24) is 0 Å². The maximum Gasteiger partial charge on any atom is 0.136 e. The van der Waals surface area contributed by atoms with Crippen LogP contribution in [0.15, 0.2) is 11.6 Å². The number of aliphatic hydroxyl groups is 4. The summed E-state index contributed by atoms with van der Waals surface area (Å²) in [7, 11) is 0. The molecule has 4 aliphatic rings. The van der Waals surface area contributed by atoms with Gasteiger partial charge < -0.3 is 20.4 Å². The van der Waals surface area contributed by atoms with E-state index in [1.807, 2.05) is 6.92 Å². The predicted molar refractivity (Wildman–Crippen MR) is 96.1 cm³/mol. The van der Waals surface area contributed by atoms with E-state index in [-0.39, 0.29) is 23.2 Å². The summed E-state index contributed by atoms with van der Waals surface area (Å²) in [4.78, 5) is 11.9. The molecule has 0 amide bonds. The number of allylic oxidation sites excluding steroid dienone is 2. The molecule has 0 radical (unpaired) electrons. The van der Waals surface area contributed by atoms with Gasteiger partial charge in [0.25, 0.3) is 0 Å². The molecule has 0 aromatic rings. The summed E-state index contributed by atoms with van der Waals surface area (Å²) in [6.45, 7) is 3.72. The monoisotopic (exact) mass is 364 g/mol. The lowest BCUT2D eigenvalue weighted by Crippen LogP contribution is -2.62. The Morgan fingerprint density at radius 3 is 2.73 bits per heavy atom. The Kier molecular flexibility index (Phi) is 4.20. The summed E-state index contributed by atoms with van der Waals surface area (Å²) < 4.78 is 0. The molecule has 0 bridgehead atoms. The average Bonchev–Trinajstić information content (AvgIpc) is 2.86. The molecule has 0 aromatic carbocycles. The van der Waals surface area contributed by atoms with Gasteiger partial charge in [-0.25, -0.2) is 0 Å².